The van der Waals surface area contributed by atoms with Gasteiger partial charge in [-0.05, 0) is 68.3 Å². The second-order valence-electron chi connectivity index (χ2n) is 7.46. The van der Waals surface area contributed by atoms with Crippen molar-refractivity contribution >= 4 is 101 Å². The maximum Gasteiger partial charge on any atom is 0.337 e. The molecule has 1 fully saturated rings. The van der Waals surface area contributed by atoms with Crippen molar-refractivity contribution in [2.45, 2.75) is 9.96 Å². The molecule has 0 aromatic heterocycles. The highest BCUT2D eigenvalue weighted by Gasteiger charge is 2.46. The molecule has 6 nitrogen and oxygen atoms in total. The lowest BCUT2D eigenvalue weighted by Gasteiger charge is -2.36. The maximum absolute atomic E-state index is 13.2. The molecule has 1 saturated heterocycles. The van der Waals surface area contributed by atoms with E-state index in [1.165, 1.54) is 11.9 Å². The average Bonchev–Trinajstić information content (AvgIpc) is 3.04. The van der Waals surface area contributed by atoms with E-state index in [2.05, 4.69) is 36.9 Å². The van der Waals surface area contributed by atoms with Gasteiger partial charge >= 0.3 is 6.03 Å². The molecule has 1 aliphatic heterocycles. The largest absolute Gasteiger partial charge is 0.337 e. The highest BCUT2D eigenvalue weighted by atomic mass is 79.9. The third kappa shape index (κ3) is 5.22. The molecule has 0 bridgehead atoms. The number of carbonyl (C=O) groups is 2. The number of amidine groups is 1. The summed E-state index contributed by atoms with van der Waals surface area (Å²) in [5.74, 6) is -0.776. The molecule has 3 amide bonds. The Kier molecular flexibility index (Phi) is 7.78. The molecular formula is C24H17Br2Cl3N4O2. The number of urea groups is 1. The Morgan fingerprint density at radius 3 is 1.80 bits per heavy atom. The zero-order valence-corrected chi connectivity index (χ0v) is 23.5. The summed E-state index contributed by atoms with van der Waals surface area (Å²) >= 11 is 26.7. The highest BCUT2D eigenvalue weighted by molar-refractivity contribution is 9.11. The predicted molar refractivity (Wildman–Crippen MR) is 149 cm³/mol. The monoisotopic (exact) mass is 656 g/mol. The average molecular weight is 660 g/mol. The number of aliphatic imine (C=N–C) groups is 1. The predicted octanol–water partition coefficient (Wildman–Crippen LogP) is 7.54. The van der Waals surface area contributed by atoms with Crippen LogP contribution in [0.15, 0.2) is 92.8 Å². The van der Waals surface area contributed by atoms with Gasteiger partial charge in [0.25, 0.3) is 5.91 Å². The molecule has 1 aliphatic rings. The Morgan fingerprint density at radius 2 is 1.31 bits per heavy atom. The van der Waals surface area contributed by atoms with E-state index in [4.69, 9.17) is 34.8 Å². The van der Waals surface area contributed by atoms with Crippen LogP contribution < -0.4 is 9.80 Å². The molecule has 11 heteroatoms. The van der Waals surface area contributed by atoms with Gasteiger partial charge < -0.3 is 4.90 Å². The lowest BCUT2D eigenvalue weighted by atomic mass is 10.2. The number of likely N-dealkylation sites (N-methyl/N-ethyl adjacent to an activating group) is 1. The van der Waals surface area contributed by atoms with Crippen molar-refractivity contribution in [1.82, 2.24) is 4.90 Å². The number of carbonyl (C=O) groups excluding carboxylic acids is 2. The van der Waals surface area contributed by atoms with Gasteiger partial charge in [-0.3, -0.25) is 9.69 Å². The van der Waals surface area contributed by atoms with Crippen molar-refractivity contribution in [3.05, 3.63) is 87.8 Å². The standard InChI is InChI=1S/C24H17Br2Cl3N4O2/c1-31-21(34)20(32(23(31)35)15-9-3-2-4-10-15)30-22(24(27,28)29)33(18-13-7-5-11-16(18)25)19-14-8-6-12-17(19)26/h2-14,22H,1H3/b30-20+. The van der Waals surface area contributed by atoms with Gasteiger partial charge in [-0.15, -0.1) is 0 Å². The SMILES string of the molecule is CN1C(=O)/C(=N\C(N(c2ccccc2Br)c2ccccc2Br)C(Cl)(Cl)Cl)N(c2ccccc2)C1=O. The summed E-state index contributed by atoms with van der Waals surface area (Å²) in [5, 5.41) is 0. The number of benzene rings is 3. The fraction of sp³-hybridized carbons (Fsp3) is 0.125. The van der Waals surface area contributed by atoms with E-state index in [-0.39, 0.29) is 5.84 Å². The summed E-state index contributed by atoms with van der Waals surface area (Å²) in [6.45, 7) is 0. The summed E-state index contributed by atoms with van der Waals surface area (Å²) < 4.78 is -0.591. The molecule has 1 unspecified atom stereocenters. The van der Waals surface area contributed by atoms with Crippen molar-refractivity contribution < 1.29 is 9.59 Å². The molecule has 0 radical (unpaired) electrons. The van der Waals surface area contributed by atoms with Crippen LogP contribution in [0.5, 0.6) is 0 Å². The van der Waals surface area contributed by atoms with Gasteiger partial charge in [0.1, 0.15) is 0 Å². The minimum absolute atomic E-state index is 0.163. The van der Waals surface area contributed by atoms with E-state index >= 15 is 0 Å². The normalized spacial score (nSPS) is 16.2. The number of rotatable bonds is 5. The van der Waals surface area contributed by atoms with Crippen molar-refractivity contribution in [2.75, 3.05) is 16.8 Å². The van der Waals surface area contributed by atoms with E-state index in [0.717, 1.165) is 4.90 Å². The Morgan fingerprint density at radius 1 is 0.829 bits per heavy atom. The first-order chi connectivity index (χ1) is 16.6. The molecular weight excluding hydrogens is 642 g/mol. The first-order valence-corrected chi connectivity index (χ1v) is 12.9. The Labute approximate surface area is 234 Å². The molecule has 0 aliphatic carbocycles. The van der Waals surface area contributed by atoms with Crippen LogP contribution in [-0.4, -0.2) is 39.7 Å². The lowest BCUT2D eigenvalue weighted by molar-refractivity contribution is -0.119. The summed E-state index contributed by atoms with van der Waals surface area (Å²) in [5.41, 5.74) is 1.73. The first kappa shape index (κ1) is 26.0. The minimum atomic E-state index is -2.01. The van der Waals surface area contributed by atoms with Crippen LogP contribution in [0, 0.1) is 0 Å². The third-order valence-corrected chi connectivity index (χ3v) is 7.13. The highest BCUT2D eigenvalue weighted by Crippen LogP contribution is 2.45. The first-order valence-electron chi connectivity index (χ1n) is 10.2. The van der Waals surface area contributed by atoms with Crippen molar-refractivity contribution in [2.24, 2.45) is 4.99 Å². The van der Waals surface area contributed by atoms with Crippen LogP contribution in [0.3, 0.4) is 0 Å². The van der Waals surface area contributed by atoms with Crippen LogP contribution in [0.2, 0.25) is 0 Å². The molecule has 180 valence electrons. The summed E-state index contributed by atoms with van der Waals surface area (Å²) in [6, 6.07) is 22.9. The number of amides is 3. The van der Waals surface area contributed by atoms with E-state index in [9.17, 15) is 9.59 Å². The fourth-order valence-corrected chi connectivity index (χ4v) is 4.97. The van der Waals surface area contributed by atoms with E-state index in [1.807, 2.05) is 48.5 Å². The third-order valence-electron chi connectivity index (χ3n) is 5.21. The Bertz CT molecular complexity index is 1260. The molecule has 0 N–H and O–H groups in total. The van der Waals surface area contributed by atoms with Crippen molar-refractivity contribution in [1.29, 1.82) is 0 Å². The molecule has 3 aromatic rings. The van der Waals surface area contributed by atoms with Crippen LogP contribution in [-0.2, 0) is 4.79 Å². The van der Waals surface area contributed by atoms with Gasteiger partial charge in [0.15, 0.2) is 6.17 Å². The molecule has 3 aromatic carbocycles. The van der Waals surface area contributed by atoms with Crippen molar-refractivity contribution in [3.63, 3.8) is 0 Å². The van der Waals surface area contributed by atoms with Gasteiger partial charge in [0, 0.05) is 16.0 Å². The summed E-state index contributed by atoms with van der Waals surface area (Å²) in [6.07, 6.45) is -1.24. The van der Waals surface area contributed by atoms with E-state index in [1.54, 1.807) is 35.2 Å². The maximum atomic E-state index is 13.2. The molecule has 1 heterocycles. The number of imide groups is 1. The van der Waals surface area contributed by atoms with Crippen LogP contribution >= 0.6 is 66.7 Å². The Hall–Kier alpha value is -2.10. The molecule has 0 saturated carbocycles. The number of alkyl halides is 3. The van der Waals surface area contributed by atoms with Crippen LogP contribution in [0.25, 0.3) is 0 Å². The van der Waals surface area contributed by atoms with Gasteiger partial charge in [-0.1, -0.05) is 77.3 Å². The number of halogens is 5. The van der Waals surface area contributed by atoms with Crippen LogP contribution in [0.4, 0.5) is 21.9 Å². The Balaban J connectivity index is 1.97. The molecule has 0 spiro atoms. The zero-order valence-electron chi connectivity index (χ0n) is 18.1. The van der Waals surface area contributed by atoms with Gasteiger partial charge in [0.2, 0.25) is 9.63 Å². The molecule has 35 heavy (non-hydrogen) atoms. The number of hydrogen-bond donors (Lipinski definition) is 0. The van der Waals surface area contributed by atoms with Gasteiger partial charge in [-0.25, -0.2) is 14.7 Å². The summed E-state index contributed by atoms with van der Waals surface area (Å²) in [7, 11) is 1.38. The fourth-order valence-electron chi connectivity index (χ4n) is 3.58. The second kappa shape index (κ2) is 10.5. The second-order valence-corrected chi connectivity index (χ2v) is 11.5. The van der Waals surface area contributed by atoms with E-state index in [0.29, 0.717) is 26.0 Å². The smallest absolute Gasteiger partial charge is 0.313 e. The van der Waals surface area contributed by atoms with E-state index < -0.39 is 21.9 Å². The van der Waals surface area contributed by atoms with Gasteiger partial charge in [0.05, 0.1) is 17.1 Å². The minimum Gasteiger partial charge on any atom is -0.313 e. The number of nitrogens with zero attached hydrogens (tertiary/aromatic N) is 4. The summed E-state index contributed by atoms with van der Waals surface area (Å²) in [4.78, 5) is 34.7. The molecule has 4 rings (SSSR count). The quantitative estimate of drug-likeness (QED) is 0.210. The number of para-hydroxylation sites is 3. The number of anilines is 3. The van der Waals surface area contributed by atoms with Crippen molar-refractivity contribution in [3.8, 4) is 0 Å². The topological polar surface area (TPSA) is 56.2 Å². The molecule has 1 atom stereocenters. The van der Waals surface area contributed by atoms with Crippen LogP contribution in [0.1, 0.15) is 0 Å². The zero-order chi connectivity index (χ0) is 25.3. The van der Waals surface area contributed by atoms with Gasteiger partial charge in [-0.2, -0.15) is 0 Å². The number of hydrogen-bond acceptors (Lipinski definition) is 4. The lowest BCUT2D eigenvalue weighted by Crippen LogP contribution is -2.43.